The standard InChI is InChI=1S/2C24H21ClF3N3/c2*1-12(24-30-20-11-18(27)22(28)21(25)23(20)31-24)13-2-4-14(5-3-13)16-8-9-29-19-7-6-15(26)10-17(16)19/h2*6-14H,2-5H2,1H3,(H,30,31)/t2*12-,13?,14?/m10/s1. The van der Waals surface area contributed by atoms with Gasteiger partial charge >= 0.3 is 0 Å². The summed E-state index contributed by atoms with van der Waals surface area (Å²) in [7, 11) is 0. The summed E-state index contributed by atoms with van der Waals surface area (Å²) >= 11 is 11.9. The Bertz CT molecular complexity index is 2760. The van der Waals surface area contributed by atoms with E-state index in [1.807, 2.05) is 12.1 Å². The number of benzene rings is 4. The van der Waals surface area contributed by atoms with Gasteiger partial charge < -0.3 is 9.97 Å². The third-order valence-corrected chi connectivity index (χ3v) is 14.1. The maximum atomic E-state index is 13.8. The molecule has 0 spiro atoms. The van der Waals surface area contributed by atoms with Gasteiger partial charge in [0.2, 0.25) is 0 Å². The van der Waals surface area contributed by atoms with E-state index in [1.165, 1.54) is 12.1 Å². The highest BCUT2D eigenvalue weighted by Crippen LogP contribution is 2.45. The Kier molecular flexibility index (Phi) is 11.7. The predicted molar refractivity (Wildman–Crippen MR) is 232 cm³/mol. The lowest BCUT2D eigenvalue weighted by molar-refractivity contribution is 0.286. The van der Waals surface area contributed by atoms with Gasteiger partial charge in [0.15, 0.2) is 23.3 Å². The lowest BCUT2D eigenvalue weighted by Gasteiger charge is -2.32. The van der Waals surface area contributed by atoms with E-state index in [9.17, 15) is 26.3 Å². The molecule has 0 unspecified atom stereocenters. The van der Waals surface area contributed by atoms with Crippen LogP contribution >= 0.6 is 23.2 Å². The van der Waals surface area contributed by atoms with Crippen LogP contribution in [0, 0.1) is 46.7 Å². The number of nitrogens with zero attached hydrogens (tertiary/aromatic N) is 4. The molecule has 2 saturated carbocycles. The molecule has 4 heterocycles. The van der Waals surface area contributed by atoms with Gasteiger partial charge in [-0.05, 0) is 135 Å². The van der Waals surface area contributed by atoms with Crippen LogP contribution in [0.5, 0.6) is 0 Å². The molecule has 10 rings (SSSR count). The number of H-pyrrole nitrogens is 2. The van der Waals surface area contributed by atoms with E-state index < -0.39 is 23.3 Å². The van der Waals surface area contributed by atoms with Gasteiger partial charge in [0.05, 0.1) is 22.1 Å². The van der Waals surface area contributed by atoms with Gasteiger partial charge in [0.25, 0.3) is 0 Å². The molecule has 0 saturated heterocycles. The van der Waals surface area contributed by atoms with Crippen molar-refractivity contribution in [3.05, 3.63) is 141 Å². The van der Waals surface area contributed by atoms with Gasteiger partial charge in [-0.25, -0.2) is 36.3 Å². The van der Waals surface area contributed by atoms with Crippen LogP contribution in [-0.2, 0) is 0 Å². The second-order valence-corrected chi connectivity index (χ2v) is 17.7. The Balaban J connectivity index is 0.000000158. The molecular weight excluding hydrogens is 845 g/mol. The minimum Gasteiger partial charge on any atom is -0.342 e. The van der Waals surface area contributed by atoms with Crippen LogP contribution in [0.2, 0.25) is 10.0 Å². The Hall–Kier alpha value is -5.20. The molecule has 320 valence electrons. The van der Waals surface area contributed by atoms with Gasteiger partial charge in [-0.1, -0.05) is 37.0 Å². The number of hydrogen-bond acceptors (Lipinski definition) is 4. The average Bonchev–Trinajstić information content (AvgIpc) is 3.92. The molecule has 0 amide bonds. The number of aromatic amines is 2. The van der Waals surface area contributed by atoms with Gasteiger partial charge in [0.1, 0.15) is 44.4 Å². The molecule has 0 radical (unpaired) electrons. The molecule has 4 aromatic carbocycles. The molecule has 62 heavy (non-hydrogen) atoms. The van der Waals surface area contributed by atoms with E-state index in [-0.39, 0.29) is 44.5 Å². The zero-order valence-corrected chi connectivity index (χ0v) is 35.4. The van der Waals surface area contributed by atoms with Crippen molar-refractivity contribution < 1.29 is 26.3 Å². The first-order chi connectivity index (χ1) is 29.8. The van der Waals surface area contributed by atoms with Crippen molar-refractivity contribution in [1.82, 2.24) is 29.9 Å². The first kappa shape index (κ1) is 42.1. The third-order valence-electron chi connectivity index (χ3n) is 13.4. The number of fused-ring (bicyclic) bond motifs is 4. The van der Waals surface area contributed by atoms with Crippen LogP contribution in [0.25, 0.3) is 43.9 Å². The molecule has 0 aliphatic heterocycles. The van der Waals surface area contributed by atoms with Crippen LogP contribution in [0.1, 0.15) is 112 Å². The normalized spacial score (nSPS) is 20.4. The fourth-order valence-corrected chi connectivity index (χ4v) is 10.4. The SMILES string of the molecule is C[C@@H](c1nc2c(Cl)c(F)c(F)cc2[nH]1)C1CCC(c2ccnc3ccc(F)cc23)CC1.C[C@H](c1nc2c(Cl)c(F)c(F)cc2[nH]1)C1CCC(c2ccnc3ccc(F)cc23)CC1. The van der Waals surface area contributed by atoms with E-state index >= 15 is 0 Å². The molecular formula is C48H42Cl2F6N6. The summed E-state index contributed by atoms with van der Waals surface area (Å²) in [5.41, 5.74) is 5.27. The number of halogens is 8. The Morgan fingerprint density at radius 1 is 0.532 bits per heavy atom. The molecule has 0 bridgehead atoms. The molecule has 4 aromatic heterocycles. The number of pyridine rings is 2. The van der Waals surface area contributed by atoms with Crippen LogP contribution in [0.3, 0.4) is 0 Å². The molecule has 2 aliphatic carbocycles. The topological polar surface area (TPSA) is 83.1 Å². The highest BCUT2D eigenvalue weighted by molar-refractivity contribution is 6.35. The van der Waals surface area contributed by atoms with Crippen molar-refractivity contribution in [2.24, 2.45) is 11.8 Å². The first-order valence-corrected chi connectivity index (χ1v) is 21.7. The summed E-state index contributed by atoms with van der Waals surface area (Å²) in [4.78, 5) is 23.9. The second-order valence-electron chi connectivity index (χ2n) is 16.9. The molecule has 6 nitrogen and oxygen atoms in total. The maximum absolute atomic E-state index is 13.8. The maximum Gasteiger partial charge on any atom is 0.179 e. The van der Waals surface area contributed by atoms with Crippen molar-refractivity contribution in [2.75, 3.05) is 0 Å². The van der Waals surface area contributed by atoms with Gasteiger partial charge in [-0.3, -0.25) is 9.97 Å². The van der Waals surface area contributed by atoms with Crippen LogP contribution in [0.15, 0.2) is 73.1 Å². The zero-order valence-electron chi connectivity index (χ0n) is 33.9. The van der Waals surface area contributed by atoms with Crippen LogP contribution < -0.4 is 0 Å². The van der Waals surface area contributed by atoms with Crippen LogP contribution in [-0.4, -0.2) is 29.9 Å². The quantitative estimate of drug-likeness (QED) is 0.129. The third kappa shape index (κ3) is 8.00. The minimum atomic E-state index is -1.07. The number of aromatic nitrogens is 6. The van der Waals surface area contributed by atoms with Crippen molar-refractivity contribution >= 4 is 67.1 Å². The summed E-state index contributed by atoms with van der Waals surface area (Å²) in [6.07, 6.45) is 11.4. The monoisotopic (exact) mass is 886 g/mol. The number of imidazole rings is 2. The molecule has 8 aromatic rings. The number of hydrogen-bond donors (Lipinski definition) is 2. The fraction of sp³-hybridized carbons (Fsp3) is 0.333. The molecule has 2 fully saturated rings. The van der Waals surface area contributed by atoms with E-state index in [4.69, 9.17) is 23.2 Å². The summed E-state index contributed by atoms with van der Waals surface area (Å²) in [5, 5.41) is 1.19. The molecule has 2 aliphatic rings. The zero-order chi connectivity index (χ0) is 43.4. The minimum absolute atomic E-state index is 0.0992. The number of rotatable bonds is 6. The lowest BCUT2D eigenvalue weighted by Crippen LogP contribution is -2.19. The fourth-order valence-electron chi connectivity index (χ4n) is 9.88. The molecule has 2 N–H and O–H groups in total. The summed E-state index contributed by atoms with van der Waals surface area (Å²) in [6, 6.07) is 15.7. The highest BCUT2D eigenvalue weighted by Gasteiger charge is 2.32. The molecule has 14 heteroatoms. The Labute approximate surface area is 363 Å². The smallest absolute Gasteiger partial charge is 0.179 e. The largest absolute Gasteiger partial charge is 0.342 e. The van der Waals surface area contributed by atoms with Crippen LogP contribution in [0.4, 0.5) is 26.3 Å². The lowest BCUT2D eigenvalue weighted by atomic mass is 9.73. The van der Waals surface area contributed by atoms with Gasteiger partial charge in [-0.2, -0.15) is 0 Å². The Morgan fingerprint density at radius 2 is 0.919 bits per heavy atom. The van der Waals surface area contributed by atoms with E-state index in [2.05, 4.69) is 43.8 Å². The number of nitrogens with one attached hydrogen (secondary N) is 2. The van der Waals surface area contributed by atoms with E-state index in [1.54, 1.807) is 36.7 Å². The second kappa shape index (κ2) is 17.2. The van der Waals surface area contributed by atoms with E-state index in [0.29, 0.717) is 46.4 Å². The van der Waals surface area contributed by atoms with Crippen molar-refractivity contribution in [3.63, 3.8) is 0 Å². The summed E-state index contributed by atoms with van der Waals surface area (Å²) in [6.45, 7) is 4.17. The van der Waals surface area contributed by atoms with Gasteiger partial charge in [0, 0.05) is 47.1 Å². The summed E-state index contributed by atoms with van der Waals surface area (Å²) in [5.74, 6) is -1.54. The molecule has 2 atom stereocenters. The average molecular weight is 888 g/mol. The van der Waals surface area contributed by atoms with Gasteiger partial charge in [-0.15, -0.1) is 0 Å². The Morgan fingerprint density at radius 3 is 1.31 bits per heavy atom. The summed E-state index contributed by atoms with van der Waals surface area (Å²) < 4.78 is 82.5. The highest BCUT2D eigenvalue weighted by atomic mass is 35.5. The van der Waals surface area contributed by atoms with Crippen molar-refractivity contribution in [2.45, 2.75) is 88.9 Å². The first-order valence-electron chi connectivity index (χ1n) is 21.0. The van der Waals surface area contributed by atoms with E-state index in [0.717, 1.165) is 96.4 Å². The predicted octanol–water partition coefficient (Wildman–Crippen LogP) is 14.5. The van der Waals surface area contributed by atoms with Crippen molar-refractivity contribution in [3.8, 4) is 0 Å². The van der Waals surface area contributed by atoms with Crippen molar-refractivity contribution in [1.29, 1.82) is 0 Å².